The van der Waals surface area contributed by atoms with Gasteiger partial charge in [-0.25, -0.2) is 5.43 Å². The zero-order valence-electron chi connectivity index (χ0n) is 8.10. The minimum absolute atomic E-state index is 0.0359. The second-order valence-corrected chi connectivity index (χ2v) is 4.04. The molecule has 1 saturated heterocycles. The standard InChI is InChI=1S/C10H15N3O/c1-6-14-10(2-4-11-5-3-10)8-7-12-13-9(1)8/h1,6,11-13H,2-5,7H2. The molecule has 76 valence electrons. The van der Waals surface area contributed by atoms with Crippen LogP contribution in [0.1, 0.15) is 12.8 Å². The summed E-state index contributed by atoms with van der Waals surface area (Å²) in [5, 5.41) is 3.37. The third-order valence-electron chi connectivity index (χ3n) is 3.30. The summed E-state index contributed by atoms with van der Waals surface area (Å²) in [6.07, 6.45) is 5.96. The predicted molar refractivity (Wildman–Crippen MR) is 53.2 cm³/mol. The number of nitrogens with one attached hydrogen (secondary N) is 3. The first-order chi connectivity index (χ1) is 6.91. The van der Waals surface area contributed by atoms with Crippen LogP contribution >= 0.6 is 0 Å². The number of rotatable bonds is 0. The molecule has 0 aromatic carbocycles. The van der Waals surface area contributed by atoms with E-state index >= 15 is 0 Å². The van der Waals surface area contributed by atoms with E-state index in [9.17, 15) is 0 Å². The number of hydrazine groups is 1. The van der Waals surface area contributed by atoms with Crippen molar-refractivity contribution in [3.63, 3.8) is 0 Å². The van der Waals surface area contributed by atoms with Crippen molar-refractivity contribution in [2.45, 2.75) is 18.4 Å². The Labute approximate surface area is 83.4 Å². The summed E-state index contributed by atoms with van der Waals surface area (Å²) in [6.45, 7) is 2.99. The molecular formula is C10H15N3O. The van der Waals surface area contributed by atoms with Crippen LogP contribution in [0.25, 0.3) is 0 Å². The molecule has 3 N–H and O–H groups in total. The molecule has 3 heterocycles. The van der Waals surface area contributed by atoms with Gasteiger partial charge < -0.3 is 15.5 Å². The van der Waals surface area contributed by atoms with Crippen molar-refractivity contribution in [1.29, 1.82) is 0 Å². The number of hydrogen-bond donors (Lipinski definition) is 3. The SMILES string of the molecule is C1=CC2=C(CNN2)C2(CCNCC2)O1. The highest BCUT2D eigenvalue weighted by Gasteiger charge is 2.41. The normalized spacial score (nSPS) is 28.6. The average molecular weight is 193 g/mol. The van der Waals surface area contributed by atoms with Crippen LogP contribution in [0.2, 0.25) is 0 Å². The third kappa shape index (κ3) is 1.07. The van der Waals surface area contributed by atoms with Crippen molar-refractivity contribution >= 4 is 0 Å². The molecular weight excluding hydrogens is 178 g/mol. The highest BCUT2D eigenvalue weighted by molar-refractivity contribution is 5.37. The molecule has 14 heavy (non-hydrogen) atoms. The fourth-order valence-corrected chi connectivity index (χ4v) is 2.50. The quantitative estimate of drug-likeness (QED) is 0.507. The summed E-state index contributed by atoms with van der Waals surface area (Å²) >= 11 is 0. The molecule has 1 spiro atoms. The fraction of sp³-hybridized carbons (Fsp3) is 0.600. The first-order valence-electron chi connectivity index (χ1n) is 5.18. The minimum Gasteiger partial charge on any atom is -0.490 e. The monoisotopic (exact) mass is 193 g/mol. The van der Waals surface area contributed by atoms with Gasteiger partial charge in [0.05, 0.1) is 12.0 Å². The van der Waals surface area contributed by atoms with E-state index < -0.39 is 0 Å². The van der Waals surface area contributed by atoms with E-state index in [-0.39, 0.29) is 5.60 Å². The molecule has 4 nitrogen and oxygen atoms in total. The largest absolute Gasteiger partial charge is 0.490 e. The van der Waals surface area contributed by atoms with Crippen LogP contribution < -0.4 is 16.2 Å². The van der Waals surface area contributed by atoms with Crippen LogP contribution in [0, 0.1) is 0 Å². The third-order valence-corrected chi connectivity index (χ3v) is 3.30. The summed E-state index contributed by atoms with van der Waals surface area (Å²) in [6, 6.07) is 0. The maximum absolute atomic E-state index is 5.86. The summed E-state index contributed by atoms with van der Waals surface area (Å²) in [5.41, 5.74) is 8.89. The van der Waals surface area contributed by atoms with Gasteiger partial charge in [0.15, 0.2) is 0 Å². The van der Waals surface area contributed by atoms with Crippen molar-refractivity contribution in [3.05, 3.63) is 23.6 Å². The Morgan fingerprint density at radius 2 is 2.14 bits per heavy atom. The van der Waals surface area contributed by atoms with Crippen LogP contribution in [0.3, 0.4) is 0 Å². The molecule has 0 aromatic rings. The van der Waals surface area contributed by atoms with Crippen molar-refractivity contribution in [3.8, 4) is 0 Å². The Morgan fingerprint density at radius 3 is 3.00 bits per heavy atom. The zero-order valence-corrected chi connectivity index (χ0v) is 8.10. The molecule has 3 rings (SSSR count). The van der Waals surface area contributed by atoms with E-state index in [1.165, 1.54) is 11.3 Å². The topological polar surface area (TPSA) is 45.3 Å². The molecule has 0 aromatic heterocycles. The summed E-state index contributed by atoms with van der Waals surface area (Å²) in [4.78, 5) is 0. The maximum Gasteiger partial charge on any atom is 0.135 e. The van der Waals surface area contributed by atoms with Gasteiger partial charge in [0.25, 0.3) is 0 Å². The van der Waals surface area contributed by atoms with Gasteiger partial charge in [-0.1, -0.05) is 0 Å². The van der Waals surface area contributed by atoms with Crippen molar-refractivity contribution in [2.75, 3.05) is 19.6 Å². The Hall–Kier alpha value is -1.00. The Kier molecular flexibility index (Phi) is 1.78. The molecule has 0 atom stereocenters. The molecule has 0 saturated carbocycles. The van der Waals surface area contributed by atoms with Gasteiger partial charge in [-0.3, -0.25) is 0 Å². The molecule has 0 bridgehead atoms. The van der Waals surface area contributed by atoms with Crippen LogP contribution in [0.15, 0.2) is 23.6 Å². The first-order valence-corrected chi connectivity index (χ1v) is 5.18. The minimum atomic E-state index is -0.0359. The summed E-state index contributed by atoms with van der Waals surface area (Å²) in [7, 11) is 0. The lowest BCUT2D eigenvalue weighted by Gasteiger charge is -2.39. The highest BCUT2D eigenvalue weighted by Crippen LogP contribution is 2.36. The molecule has 0 aliphatic carbocycles. The number of fused-ring (bicyclic) bond motifs is 1. The van der Waals surface area contributed by atoms with Crippen LogP contribution in [-0.4, -0.2) is 25.2 Å². The van der Waals surface area contributed by atoms with Gasteiger partial charge >= 0.3 is 0 Å². The number of ether oxygens (including phenoxy) is 1. The first kappa shape index (κ1) is 8.32. The van der Waals surface area contributed by atoms with E-state index in [2.05, 4.69) is 16.2 Å². The van der Waals surface area contributed by atoms with Crippen molar-refractivity contribution < 1.29 is 4.74 Å². The fourth-order valence-electron chi connectivity index (χ4n) is 2.50. The Bertz CT molecular complexity index is 302. The van der Waals surface area contributed by atoms with Crippen molar-refractivity contribution in [1.82, 2.24) is 16.2 Å². The molecule has 3 aliphatic rings. The summed E-state index contributed by atoms with van der Waals surface area (Å²) < 4.78 is 5.86. The zero-order chi connectivity index (χ0) is 9.43. The molecule has 0 radical (unpaired) electrons. The number of piperidine rings is 1. The van der Waals surface area contributed by atoms with E-state index in [1.54, 1.807) is 0 Å². The molecule has 0 unspecified atom stereocenters. The van der Waals surface area contributed by atoms with Gasteiger partial charge in [0.1, 0.15) is 5.60 Å². The van der Waals surface area contributed by atoms with Gasteiger partial charge in [-0.05, 0) is 19.2 Å². The lowest BCUT2D eigenvalue weighted by atomic mass is 9.82. The average Bonchev–Trinajstić information content (AvgIpc) is 2.69. The molecule has 4 heteroatoms. The highest BCUT2D eigenvalue weighted by atomic mass is 16.5. The van der Waals surface area contributed by atoms with Gasteiger partial charge in [-0.15, -0.1) is 0 Å². The second-order valence-electron chi connectivity index (χ2n) is 4.04. The lowest BCUT2D eigenvalue weighted by molar-refractivity contribution is 0.0236. The van der Waals surface area contributed by atoms with Gasteiger partial charge in [-0.2, -0.15) is 0 Å². The van der Waals surface area contributed by atoms with Crippen LogP contribution in [0.5, 0.6) is 0 Å². The lowest BCUT2D eigenvalue weighted by Crippen LogP contribution is -2.46. The number of hydrogen-bond acceptors (Lipinski definition) is 4. The number of allylic oxidation sites excluding steroid dienone is 1. The van der Waals surface area contributed by atoms with Crippen LogP contribution in [0.4, 0.5) is 0 Å². The molecule has 3 aliphatic heterocycles. The van der Waals surface area contributed by atoms with E-state index in [1.807, 2.05) is 12.3 Å². The van der Waals surface area contributed by atoms with E-state index in [4.69, 9.17) is 4.74 Å². The van der Waals surface area contributed by atoms with Crippen LogP contribution in [-0.2, 0) is 4.74 Å². The van der Waals surface area contributed by atoms with Gasteiger partial charge in [0, 0.05) is 25.0 Å². The smallest absolute Gasteiger partial charge is 0.135 e. The van der Waals surface area contributed by atoms with Crippen molar-refractivity contribution in [2.24, 2.45) is 0 Å². The maximum atomic E-state index is 5.86. The van der Waals surface area contributed by atoms with Gasteiger partial charge in [0.2, 0.25) is 0 Å². The van der Waals surface area contributed by atoms with E-state index in [0.29, 0.717) is 0 Å². The molecule has 1 fully saturated rings. The predicted octanol–water partition coefficient (Wildman–Crippen LogP) is 0.0144. The van der Waals surface area contributed by atoms with E-state index in [0.717, 1.165) is 32.5 Å². The molecule has 0 amide bonds. The Morgan fingerprint density at radius 1 is 1.29 bits per heavy atom. The second kappa shape index (κ2) is 3.00. The Balaban J connectivity index is 1.95. The summed E-state index contributed by atoms with van der Waals surface area (Å²) in [5.74, 6) is 0.